The third-order valence-electron chi connectivity index (χ3n) is 4.82. The number of ether oxygens (including phenoxy) is 2. The number of rotatable bonds is 15. The van der Waals surface area contributed by atoms with Gasteiger partial charge in [-0.15, -0.1) is 0 Å². The molecule has 0 fully saturated rings. The lowest BCUT2D eigenvalue weighted by molar-refractivity contribution is -0.134. The first kappa shape index (κ1) is 22.0. The normalized spacial score (nSPS) is 13.0. The van der Waals surface area contributed by atoms with Crippen LogP contribution in [0.3, 0.4) is 0 Å². The zero-order valence-electron chi connectivity index (χ0n) is 16.5. The minimum Gasteiger partial charge on any atom is -0.487 e. The standard InChI is InChI=1S/C22H38O3/c1-4-7-15-21(25-20-13-11-10-12-14-20)22(16-8-5-2,17-9-6-3)24-19-18-23/h10-14,21,23H,4-9,15-19H2,1-3H3. The van der Waals surface area contributed by atoms with Crippen molar-refractivity contribution in [2.45, 2.75) is 90.3 Å². The largest absolute Gasteiger partial charge is 0.487 e. The van der Waals surface area contributed by atoms with Crippen LogP contribution in [0.1, 0.15) is 78.6 Å². The van der Waals surface area contributed by atoms with Crippen LogP contribution in [0.2, 0.25) is 0 Å². The summed E-state index contributed by atoms with van der Waals surface area (Å²) in [5.41, 5.74) is -0.306. The highest BCUT2D eigenvalue weighted by Crippen LogP contribution is 2.35. The minimum atomic E-state index is -0.306. The molecule has 0 aliphatic rings. The summed E-state index contributed by atoms with van der Waals surface area (Å²) in [7, 11) is 0. The molecule has 25 heavy (non-hydrogen) atoms. The van der Waals surface area contributed by atoms with E-state index in [0.29, 0.717) is 6.61 Å². The predicted molar refractivity (Wildman–Crippen MR) is 105 cm³/mol. The molecule has 0 radical (unpaired) electrons. The molecule has 1 unspecified atom stereocenters. The smallest absolute Gasteiger partial charge is 0.128 e. The lowest BCUT2D eigenvalue weighted by Crippen LogP contribution is -2.49. The van der Waals surface area contributed by atoms with Gasteiger partial charge in [0.1, 0.15) is 17.5 Å². The number of aliphatic hydroxyl groups is 1. The maximum atomic E-state index is 9.36. The minimum absolute atomic E-state index is 0.0273. The quantitative estimate of drug-likeness (QED) is 0.437. The van der Waals surface area contributed by atoms with E-state index in [-0.39, 0.29) is 18.3 Å². The van der Waals surface area contributed by atoms with Crippen molar-refractivity contribution in [1.82, 2.24) is 0 Å². The van der Waals surface area contributed by atoms with Crippen molar-refractivity contribution in [3.8, 4) is 5.75 Å². The molecule has 0 spiro atoms. The molecule has 0 aliphatic heterocycles. The third kappa shape index (κ3) is 7.79. The summed E-state index contributed by atoms with van der Waals surface area (Å²) in [6.07, 6.45) is 9.79. The van der Waals surface area contributed by atoms with Crippen LogP contribution in [0, 0.1) is 0 Å². The second kappa shape index (κ2) is 13.2. The van der Waals surface area contributed by atoms with Crippen molar-refractivity contribution >= 4 is 0 Å². The van der Waals surface area contributed by atoms with Crippen LogP contribution in [0.5, 0.6) is 5.75 Å². The molecule has 1 atom stereocenters. The Kier molecular flexibility index (Phi) is 11.6. The molecule has 0 heterocycles. The Morgan fingerprint density at radius 2 is 1.52 bits per heavy atom. The molecule has 1 aromatic rings. The van der Waals surface area contributed by atoms with Crippen LogP contribution < -0.4 is 4.74 Å². The van der Waals surface area contributed by atoms with Gasteiger partial charge in [0.2, 0.25) is 0 Å². The summed E-state index contributed by atoms with van der Waals surface area (Å²) in [6.45, 7) is 7.10. The van der Waals surface area contributed by atoms with Crippen LogP contribution in [0.4, 0.5) is 0 Å². The van der Waals surface area contributed by atoms with Gasteiger partial charge in [-0.25, -0.2) is 0 Å². The molecule has 3 nitrogen and oxygen atoms in total. The summed E-state index contributed by atoms with van der Waals surface area (Å²) in [5.74, 6) is 0.911. The molecule has 144 valence electrons. The molecule has 0 aliphatic carbocycles. The van der Waals surface area contributed by atoms with Crippen molar-refractivity contribution in [3.63, 3.8) is 0 Å². The van der Waals surface area contributed by atoms with E-state index >= 15 is 0 Å². The van der Waals surface area contributed by atoms with E-state index < -0.39 is 0 Å². The average Bonchev–Trinajstić information content (AvgIpc) is 2.66. The first-order valence-electron chi connectivity index (χ1n) is 10.2. The van der Waals surface area contributed by atoms with Gasteiger partial charge in [0.25, 0.3) is 0 Å². The molecular formula is C22H38O3. The van der Waals surface area contributed by atoms with Crippen LogP contribution in [-0.2, 0) is 4.74 Å². The fourth-order valence-electron chi connectivity index (χ4n) is 3.37. The monoisotopic (exact) mass is 350 g/mol. The topological polar surface area (TPSA) is 38.7 Å². The van der Waals surface area contributed by atoms with Gasteiger partial charge in [-0.1, -0.05) is 71.1 Å². The van der Waals surface area contributed by atoms with E-state index in [0.717, 1.165) is 63.5 Å². The lowest BCUT2D eigenvalue weighted by Gasteiger charge is -2.41. The number of hydrogen-bond acceptors (Lipinski definition) is 3. The van der Waals surface area contributed by atoms with E-state index in [1.807, 2.05) is 30.3 Å². The Morgan fingerprint density at radius 3 is 2.04 bits per heavy atom. The average molecular weight is 351 g/mol. The molecule has 1 aromatic carbocycles. The summed E-state index contributed by atoms with van der Waals surface area (Å²) in [4.78, 5) is 0. The number of unbranched alkanes of at least 4 members (excludes halogenated alkanes) is 3. The first-order chi connectivity index (χ1) is 12.2. The molecule has 0 amide bonds. The summed E-state index contributed by atoms with van der Waals surface area (Å²) < 4.78 is 12.8. The van der Waals surface area contributed by atoms with Crippen molar-refractivity contribution < 1.29 is 14.6 Å². The van der Waals surface area contributed by atoms with Gasteiger partial charge in [0, 0.05) is 0 Å². The van der Waals surface area contributed by atoms with Gasteiger partial charge >= 0.3 is 0 Å². The zero-order chi connectivity index (χ0) is 18.4. The van der Waals surface area contributed by atoms with Crippen molar-refractivity contribution in [2.24, 2.45) is 0 Å². The predicted octanol–water partition coefficient (Wildman–Crippen LogP) is 5.75. The molecule has 0 bridgehead atoms. The molecule has 0 aromatic heterocycles. The van der Waals surface area contributed by atoms with Gasteiger partial charge in [-0.3, -0.25) is 0 Å². The van der Waals surface area contributed by atoms with Crippen LogP contribution >= 0.6 is 0 Å². The van der Waals surface area contributed by atoms with Gasteiger partial charge in [-0.05, 0) is 37.8 Å². The number of hydrogen-bond donors (Lipinski definition) is 1. The fraction of sp³-hybridized carbons (Fsp3) is 0.727. The van der Waals surface area contributed by atoms with E-state index in [2.05, 4.69) is 20.8 Å². The Labute approximate surface area is 154 Å². The van der Waals surface area contributed by atoms with Crippen LogP contribution in [0.15, 0.2) is 30.3 Å². The molecule has 0 saturated carbocycles. The van der Waals surface area contributed by atoms with Crippen LogP contribution in [0.25, 0.3) is 0 Å². The number of aliphatic hydroxyl groups excluding tert-OH is 1. The highest BCUT2D eigenvalue weighted by Gasteiger charge is 2.40. The molecule has 3 heteroatoms. The van der Waals surface area contributed by atoms with Gasteiger partial charge in [-0.2, -0.15) is 0 Å². The maximum absolute atomic E-state index is 9.36. The van der Waals surface area contributed by atoms with Gasteiger partial charge in [0.05, 0.1) is 13.2 Å². The molecule has 0 saturated heterocycles. The Morgan fingerprint density at radius 1 is 0.920 bits per heavy atom. The SMILES string of the molecule is CCCCC(Oc1ccccc1)C(CCCC)(CCCC)OCCO. The number of para-hydroxylation sites is 1. The zero-order valence-corrected chi connectivity index (χ0v) is 16.5. The molecule has 1 rings (SSSR count). The second-order valence-electron chi connectivity index (χ2n) is 6.91. The molecule has 1 N–H and O–H groups in total. The highest BCUT2D eigenvalue weighted by molar-refractivity contribution is 5.21. The van der Waals surface area contributed by atoms with Crippen molar-refractivity contribution in [1.29, 1.82) is 0 Å². The van der Waals surface area contributed by atoms with E-state index in [1.165, 1.54) is 0 Å². The van der Waals surface area contributed by atoms with Gasteiger partial charge in [0.15, 0.2) is 0 Å². The lowest BCUT2D eigenvalue weighted by atomic mass is 9.82. The van der Waals surface area contributed by atoms with Crippen LogP contribution in [-0.4, -0.2) is 30.0 Å². The first-order valence-corrected chi connectivity index (χ1v) is 10.2. The van der Waals surface area contributed by atoms with Crippen molar-refractivity contribution in [2.75, 3.05) is 13.2 Å². The van der Waals surface area contributed by atoms with Gasteiger partial charge < -0.3 is 14.6 Å². The summed E-state index contributed by atoms with van der Waals surface area (Å²) in [6, 6.07) is 10.1. The van der Waals surface area contributed by atoms with E-state index in [4.69, 9.17) is 9.47 Å². The second-order valence-corrected chi connectivity index (χ2v) is 6.91. The summed E-state index contributed by atoms with van der Waals surface area (Å²) >= 11 is 0. The number of benzene rings is 1. The summed E-state index contributed by atoms with van der Waals surface area (Å²) in [5, 5.41) is 9.36. The van der Waals surface area contributed by atoms with E-state index in [1.54, 1.807) is 0 Å². The highest BCUT2D eigenvalue weighted by atomic mass is 16.6. The fourth-order valence-corrected chi connectivity index (χ4v) is 3.37. The Hall–Kier alpha value is -1.06. The maximum Gasteiger partial charge on any atom is 0.128 e. The van der Waals surface area contributed by atoms with E-state index in [9.17, 15) is 5.11 Å². The molecular weight excluding hydrogens is 312 g/mol. The van der Waals surface area contributed by atoms with Crippen molar-refractivity contribution in [3.05, 3.63) is 30.3 Å². The third-order valence-corrected chi connectivity index (χ3v) is 4.82. The Bertz CT molecular complexity index is 397. The Balaban J connectivity index is 3.06.